The molecule has 0 aromatic carbocycles. The summed E-state index contributed by atoms with van der Waals surface area (Å²) in [5.41, 5.74) is -0.0473. The van der Waals surface area contributed by atoms with E-state index in [1.165, 1.54) is 12.3 Å². The van der Waals surface area contributed by atoms with Gasteiger partial charge in [0.05, 0.1) is 17.2 Å². The van der Waals surface area contributed by atoms with E-state index >= 15 is 0 Å². The van der Waals surface area contributed by atoms with Gasteiger partial charge >= 0.3 is 12.1 Å². The molecule has 0 aliphatic carbocycles. The molecule has 7 nitrogen and oxygen atoms in total. The number of nitrogens with one attached hydrogen (secondary N) is 1. The average Bonchev–Trinajstić information content (AvgIpc) is 2.64. The number of carboxylic acids is 1. The van der Waals surface area contributed by atoms with Crippen molar-refractivity contribution >= 4 is 17.8 Å². The summed E-state index contributed by atoms with van der Waals surface area (Å²) in [4.78, 5) is 38.7. The predicted molar refractivity (Wildman–Crippen MR) is 87.7 cm³/mol. The van der Waals surface area contributed by atoms with Crippen molar-refractivity contribution in [3.05, 3.63) is 29.8 Å². The van der Waals surface area contributed by atoms with Gasteiger partial charge in [-0.05, 0) is 31.7 Å². The number of carbonyl (C=O) groups is 3. The Morgan fingerprint density at radius 3 is 2.29 bits per heavy atom. The third kappa shape index (κ3) is 5.17. The van der Waals surface area contributed by atoms with Crippen LogP contribution in [0.1, 0.15) is 36.0 Å². The maximum absolute atomic E-state index is 13.1. The average molecular weight is 405 g/mol. The van der Waals surface area contributed by atoms with Gasteiger partial charge in [0, 0.05) is 25.8 Å². The molecule has 2 amide bonds. The lowest BCUT2D eigenvalue weighted by Gasteiger charge is -2.42. The zero-order valence-electron chi connectivity index (χ0n) is 14.8. The second-order valence-electron chi connectivity index (χ2n) is 6.63. The second kappa shape index (κ2) is 8.53. The van der Waals surface area contributed by atoms with Gasteiger partial charge in [-0.25, -0.2) is 9.18 Å². The number of carbonyl (C=O) groups excluding carboxylic acids is 2. The van der Waals surface area contributed by atoms with E-state index in [1.807, 2.05) is 0 Å². The van der Waals surface area contributed by atoms with Crippen LogP contribution in [0.5, 0.6) is 0 Å². The van der Waals surface area contributed by atoms with Gasteiger partial charge in [-0.2, -0.15) is 13.2 Å². The van der Waals surface area contributed by atoms with E-state index in [1.54, 1.807) is 4.90 Å². The molecule has 11 heteroatoms. The number of halogens is 4. The Morgan fingerprint density at radius 2 is 1.79 bits per heavy atom. The number of hydrogen-bond acceptors (Lipinski definition) is 4. The van der Waals surface area contributed by atoms with Crippen LogP contribution in [0.3, 0.4) is 0 Å². The fourth-order valence-electron chi connectivity index (χ4n) is 3.26. The molecule has 2 N–H and O–H groups in total. The SMILES string of the molecule is O=C(O)C(F)(F)F.O=C(c1cncc(F)c1)N1CCC2(CCCNC2=O)CC1. The Balaban J connectivity index is 0.000000345. The van der Waals surface area contributed by atoms with E-state index in [0.717, 1.165) is 25.6 Å². The normalized spacial score (nSPS) is 18.7. The monoisotopic (exact) mass is 405 g/mol. The van der Waals surface area contributed by atoms with E-state index in [4.69, 9.17) is 9.90 Å². The van der Waals surface area contributed by atoms with Crippen LogP contribution in [0.4, 0.5) is 17.6 Å². The topological polar surface area (TPSA) is 99.6 Å². The molecule has 0 unspecified atom stereocenters. The fourth-order valence-corrected chi connectivity index (χ4v) is 3.26. The van der Waals surface area contributed by atoms with Gasteiger partial charge < -0.3 is 15.3 Å². The first kappa shape index (κ1) is 21.6. The van der Waals surface area contributed by atoms with Gasteiger partial charge in [0.15, 0.2) is 0 Å². The number of piperidine rings is 2. The molecular formula is C17H19F4N3O4. The van der Waals surface area contributed by atoms with Crippen molar-refractivity contribution in [3.8, 4) is 0 Å². The van der Waals surface area contributed by atoms with E-state index in [-0.39, 0.29) is 22.8 Å². The van der Waals surface area contributed by atoms with Gasteiger partial charge in [0.1, 0.15) is 5.82 Å². The highest BCUT2D eigenvalue weighted by atomic mass is 19.4. The van der Waals surface area contributed by atoms with E-state index in [0.29, 0.717) is 25.9 Å². The van der Waals surface area contributed by atoms with Crippen LogP contribution in [0.2, 0.25) is 0 Å². The van der Waals surface area contributed by atoms with Crippen LogP contribution in [-0.2, 0) is 9.59 Å². The van der Waals surface area contributed by atoms with Crippen molar-refractivity contribution in [2.24, 2.45) is 5.41 Å². The van der Waals surface area contributed by atoms with Crippen LogP contribution in [-0.4, -0.2) is 58.6 Å². The predicted octanol–water partition coefficient (Wildman–Crippen LogP) is 1.99. The first-order valence-corrected chi connectivity index (χ1v) is 8.53. The van der Waals surface area contributed by atoms with Crippen LogP contribution < -0.4 is 5.32 Å². The third-order valence-corrected chi connectivity index (χ3v) is 4.80. The molecule has 2 fully saturated rings. The molecule has 0 radical (unpaired) electrons. The molecule has 3 heterocycles. The van der Waals surface area contributed by atoms with Gasteiger partial charge in [-0.3, -0.25) is 14.6 Å². The minimum Gasteiger partial charge on any atom is -0.475 e. The summed E-state index contributed by atoms with van der Waals surface area (Å²) < 4.78 is 44.9. The van der Waals surface area contributed by atoms with Gasteiger partial charge in [0.25, 0.3) is 5.91 Å². The van der Waals surface area contributed by atoms with Gasteiger partial charge in [-0.15, -0.1) is 0 Å². The molecule has 28 heavy (non-hydrogen) atoms. The third-order valence-electron chi connectivity index (χ3n) is 4.80. The van der Waals surface area contributed by atoms with Crippen LogP contribution in [0.15, 0.2) is 18.5 Å². The largest absolute Gasteiger partial charge is 0.490 e. The van der Waals surface area contributed by atoms with Crippen molar-refractivity contribution in [2.75, 3.05) is 19.6 Å². The molecule has 0 saturated carbocycles. The number of amides is 2. The van der Waals surface area contributed by atoms with Crippen molar-refractivity contribution in [3.63, 3.8) is 0 Å². The standard InChI is InChI=1S/C15H18FN3O2.C2HF3O2/c16-12-8-11(9-17-10-12)13(20)19-6-3-15(4-7-19)2-1-5-18-14(15)21;3-2(4,5)1(6)7/h8-10H,1-7H2,(H,18,21);(H,6,7). The minimum absolute atomic E-state index is 0.119. The van der Waals surface area contributed by atoms with E-state index in [2.05, 4.69) is 10.3 Å². The number of aliphatic carboxylic acids is 1. The Morgan fingerprint density at radius 1 is 1.18 bits per heavy atom. The zero-order valence-corrected chi connectivity index (χ0v) is 14.8. The lowest BCUT2D eigenvalue weighted by atomic mass is 9.72. The number of likely N-dealkylation sites (tertiary alicyclic amines) is 1. The van der Waals surface area contributed by atoms with E-state index < -0.39 is 18.0 Å². The summed E-state index contributed by atoms with van der Waals surface area (Å²) in [5, 5.41) is 10.0. The molecule has 2 saturated heterocycles. The van der Waals surface area contributed by atoms with Crippen molar-refractivity contribution < 1.29 is 37.1 Å². The number of hydrogen-bond donors (Lipinski definition) is 2. The number of rotatable bonds is 1. The quantitative estimate of drug-likeness (QED) is 0.696. The summed E-state index contributed by atoms with van der Waals surface area (Å²) in [6.45, 7) is 1.81. The van der Waals surface area contributed by atoms with Gasteiger partial charge in [-0.1, -0.05) is 0 Å². The summed E-state index contributed by atoms with van der Waals surface area (Å²) in [6.07, 6.45) is 0.605. The number of pyridine rings is 1. The highest BCUT2D eigenvalue weighted by molar-refractivity contribution is 5.94. The molecule has 0 atom stereocenters. The minimum atomic E-state index is -5.08. The van der Waals surface area contributed by atoms with Crippen molar-refractivity contribution in [1.82, 2.24) is 15.2 Å². The summed E-state index contributed by atoms with van der Waals surface area (Å²) in [6, 6.07) is 1.20. The first-order chi connectivity index (χ1) is 13.0. The molecule has 2 aliphatic heterocycles. The lowest BCUT2D eigenvalue weighted by molar-refractivity contribution is -0.192. The smallest absolute Gasteiger partial charge is 0.475 e. The molecule has 1 spiro atoms. The summed E-state index contributed by atoms with van der Waals surface area (Å²) in [7, 11) is 0. The highest BCUT2D eigenvalue weighted by Crippen LogP contribution is 2.38. The Bertz CT molecular complexity index is 746. The molecule has 0 bridgehead atoms. The van der Waals surface area contributed by atoms with E-state index in [9.17, 15) is 27.2 Å². The summed E-state index contributed by atoms with van der Waals surface area (Å²) in [5.74, 6) is -3.37. The molecule has 3 rings (SSSR count). The molecular weight excluding hydrogens is 386 g/mol. The zero-order chi connectivity index (χ0) is 20.9. The van der Waals surface area contributed by atoms with Crippen LogP contribution >= 0.6 is 0 Å². The van der Waals surface area contributed by atoms with Crippen molar-refractivity contribution in [2.45, 2.75) is 31.9 Å². The van der Waals surface area contributed by atoms with Gasteiger partial charge in [0.2, 0.25) is 5.91 Å². The Labute approximate surface area is 157 Å². The summed E-state index contributed by atoms with van der Waals surface area (Å²) >= 11 is 0. The molecule has 154 valence electrons. The van der Waals surface area contributed by atoms with Crippen LogP contribution in [0, 0.1) is 11.2 Å². The molecule has 2 aliphatic rings. The number of alkyl halides is 3. The first-order valence-electron chi connectivity index (χ1n) is 8.53. The van der Waals surface area contributed by atoms with Crippen molar-refractivity contribution in [1.29, 1.82) is 0 Å². The number of nitrogens with zero attached hydrogens (tertiary/aromatic N) is 2. The number of aromatic nitrogens is 1. The maximum atomic E-state index is 13.1. The maximum Gasteiger partial charge on any atom is 0.490 e. The molecule has 1 aromatic heterocycles. The molecule has 1 aromatic rings. The lowest BCUT2D eigenvalue weighted by Crippen LogP contribution is -2.52. The number of carboxylic acid groups (broad SMARTS) is 1. The fraction of sp³-hybridized carbons (Fsp3) is 0.529. The second-order valence-corrected chi connectivity index (χ2v) is 6.63. The van der Waals surface area contributed by atoms with Crippen LogP contribution in [0.25, 0.3) is 0 Å². The Hall–Kier alpha value is -2.72. The Kier molecular flexibility index (Phi) is 6.57. The highest BCUT2D eigenvalue weighted by Gasteiger charge is 2.43.